The van der Waals surface area contributed by atoms with Crippen LogP contribution in [0, 0.1) is 11.3 Å². The first kappa shape index (κ1) is 10.7. The number of rotatable bonds is 4. The fraction of sp³-hybridized carbons (Fsp3) is 0.545. The number of nitrogens with one attached hydrogen (secondary N) is 2. The van der Waals surface area contributed by atoms with Crippen LogP contribution < -0.4 is 5.32 Å². The zero-order chi connectivity index (χ0) is 11.5. The van der Waals surface area contributed by atoms with Gasteiger partial charge in [-0.25, -0.2) is 0 Å². The molecule has 0 saturated heterocycles. The maximum Gasteiger partial charge on any atom is 0.225 e. The Bertz CT molecular complexity index is 439. The van der Waals surface area contributed by atoms with Gasteiger partial charge in [-0.1, -0.05) is 6.92 Å². The largest absolute Gasteiger partial charge is 0.308 e. The first-order valence-corrected chi connectivity index (χ1v) is 5.54. The summed E-state index contributed by atoms with van der Waals surface area (Å²) in [7, 11) is 0. The number of aromatic nitrogens is 2. The molecule has 1 aliphatic carbocycles. The first-order valence-electron chi connectivity index (χ1n) is 5.54. The standard InChI is InChI=1S/C11H14N4O/c1-2-3-9(16)13-11-8(6-12)10(14-15-11)7-4-5-7/h7H,2-5H2,1H3,(H2,13,14,15,16). The fourth-order valence-electron chi connectivity index (χ4n) is 1.65. The van der Waals surface area contributed by atoms with Crippen molar-refractivity contribution in [3.63, 3.8) is 0 Å². The van der Waals surface area contributed by atoms with Crippen LogP contribution >= 0.6 is 0 Å². The van der Waals surface area contributed by atoms with Gasteiger partial charge in [0, 0.05) is 12.3 Å². The number of hydrogen-bond acceptors (Lipinski definition) is 3. The average Bonchev–Trinajstić information content (AvgIpc) is 3.02. The van der Waals surface area contributed by atoms with Crippen LogP contribution in [0.15, 0.2) is 0 Å². The number of carbonyl (C=O) groups is 1. The first-order chi connectivity index (χ1) is 7.76. The van der Waals surface area contributed by atoms with Crippen molar-refractivity contribution in [1.82, 2.24) is 10.2 Å². The molecule has 0 atom stereocenters. The highest BCUT2D eigenvalue weighted by molar-refractivity contribution is 5.91. The van der Waals surface area contributed by atoms with E-state index in [9.17, 15) is 4.79 Å². The molecule has 0 spiro atoms. The Hall–Kier alpha value is -1.83. The molecule has 0 unspecified atom stereocenters. The van der Waals surface area contributed by atoms with Crippen molar-refractivity contribution < 1.29 is 4.79 Å². The molecule has 1 aromatic heterocycles. The molecule has 0 aliphatic heterocycles. The molecular formula is C11H14N4O. The van der Waals surface area contributed by atoms with Crippen molar-refractivity contribution in [2.45, 2.75) is 38.5 Å². The Morgan fingerprint density at radius 1 is 1.69 bits per heavy atom. The lowest BCUT2D eigenvalue weighted by Crippen LogP contribution is -2.11. The molecule has 1 heterocycles. The Kier molecular flexibility index (Phi) is 2.91. The Morgan fingerprint density at radius 3 is 3.00 bits per heavy atom. The van der Waals surface area contributed by atoms with Gasteiger partial charge in [-0.2, -0.15) is 10.4 Å². The molecule has 0 aromatic carbocycles. The predicted octanol–water partition coefficient (Wildman–Crippen LogP) is 1.90. The summed E-state index contributed by atoms with van der Waals surface area (Å²) in [5, 5.41) is 18.5. The third-order valence-corrected chi connectivity index (χ3v) is 2.63. The van der Waals surface area contributed by atoms with E-state index in [1.54, 1.807) is 0 Å². The summed E-state index contributed by atoms with van der Waals surface area (Å²) >= 11 is 0. The summed E-state index contributed by atoms with van der Waals surface area (Å²) in [5.74, 6) is 0.717. The molecule has 1 amide bonds. The van der Waals surface area contributed by atoms with Gasteiger partial charge in [-0.05, 0) is 19.3 Å². The van der Waals surface area contributed by atoms with E-state index >= 15 is 0 Å². The highest BCUT2D eigenvalue weighted by atomic mass is 16.1. The fourth-order valence-corrected chi connectivity index (χ4v) is 1.65. The van der Waals surface area contributed by atoms with Gasteiger partial charge in [0.25, 0.3) is 0 Å². The van der Waals surface area contributed by atoms with Crippen molar-refractivity contribution >= 4 is 11.7 Å². The van der Waals surface area contributed by atoms with Crippen molar-refractivity contribution in [2.24, 2.45) is 0 Å². The van der Waals surface area contributed by atoms with Gasteiger partial charge < -0.3 is 5.32 Å². The number of nitrogens with zero attached hydrogens (tertiary/aromatic N) is 2. The second-order valence-electron chi connectivity index (χ2n) is 4.05. The normalized spacial score (nSPS) is 14.5. The predicted molar refractivity (Wildman–Crippen MR) is 58.8 cm³/mol. The summed E-state index contributed by atoms with van der Waals surface area (Å²) < 4.78 is 0. The molecule has 1 saturated carbocycles. The lowest BCUT2D eigenvalue weighted by atomic mass is 10.2. The van der Waals surface area contributed by atoms with Gasteiger partial charge in [-0.3, -0.25) is 9.89 Å². The minimum Gasteiger partial charge on any atom is -0.308 e. The molecular weight excluding hydrogens is 204 g/mol. The van der Waals surface area contributed by atoms with E-state index in [4.69, 9.17) is 5.26 Å². The number of amides is 1. The number of anilines is 1. The van der Waals surface area contributed by atoms with E-state index < -0.39 is 0 Å². The van der Waals surface area contributed by atoms with Crippen LogP contribution in [0.3, 0.4) is 0 Å². The highest BCUT2D eigenvalue weighted by Crippen LogP contribution is 2.41. The van der Waals surface area contributed by atoms with Crippen LogP contribution in [-0.4, -0.2) is 16.1 Å². The summed E-state index contributed by atoms with van der Waals surface area (Å²) in [5.41, 5.74) is 1.36. The molecule has 84 valence electrons. The van der Waals surface area contributed by atoms with E-state index in [2.05, 4.69) is 21.6 Å². The van der Waals surface area contributed by atoms with Crippen LogP contribution in [0.25, 0.3) is 0 Å². The van der Waals surface area contributed by atoms with E-state index in [1.165, 1.54) is 0 Å². The maximum atomic E-state index is 11.4. The summed E-state index contributed by atoms with van der Waals surface area (Å²) in [6.07, 6.45) is 3.43. The number of hydrogen-bond donors (Lipinski definition) is 2. The Morgan fingerprint density at radius 2 is 2.44 bits per heavy atom. The van der Waals surface area contributed by atoms with Crippen molar-refractivity contribution in [2.75, 3.05) is 5.32 Å². The smallest absolute Gasteiger partial charge is 0.225 e. The van der Waals surface area contributed by atoms with Gasteiger partial charge in [-0.15, -0.1) is 0 Å². The van der Waals surface area contributed by atoms with Crippen LogP contribution in [-0.2, 0) is 4.79 Å². The van der Waals surface area contributed by atoms with Gasteiger partial charge >= 0.3 is 0 Å². The molecule has 0 bridgehead atoms. The number of H-pyrrole nitrogens is 1. The minimum absolute atomic E-state index is 0.0900. The third-order valence-electron chi connectivity index (χ3n) is 2.63. The summed E-state index contributed by atoms with van der Waals surface area (Å²) in [6.45, 7) is 1.94. The number of aromatic amines is 1. The van der Waals surface area contributed by atoms with Crippen LogP contribution in [0.5, 0.6) is 0 Å². The molecule has 2 N–H and O–H groups in total. The topological polar surface area (TPSA) is 81.6 Å². The van der Waals surface area contributed by atoms with E-state index in [1.807, 2.05) is 6.92 Å². The molecule has 16 heavy (non-hydrogen) atoms. The molecule has 1 aromatic rings. The molecule has 5 nitrogen and oxygen atoms in total. The van der Waals surface area contributed by atoms with Crippen LogP contribution in [0.1, 0.15) is 49.8 Å². The quantitative estimate of drug-likeness (QED) is 0.809. The zero-order valence-electron chi connectivity index (χ0n) is 9.21. The van der Waals surface area contributed by atoms with Crippen molar-refractivity contribution in [1.29, 1.82) is 5.26 Å². The Balaban J connectivity index is 2.15. The lowest BCUT2D eigenvalue weighted by Gasteiger charge is -2.00. The van der Waals surface area contributed by atoms with Gasteiger partial charge in [0.2, 0.25) is 5.91 Å². The Labute approximate surface area is 93.8 Å². The van der Waals surface area contributed by atoms with E-state index in [0.717, 1.165) is 25.0 Å². The van der Waals surface area contributed by atoms with Gasteiger partial charge in [0.05, 0.1) is 5.69 Å². The van der Waals surface area contributed by atoms with E-state index in [0.29, 0.717) is 23.7 Å². The molecule has 0 radical (unpaired) electrons. The van der Waals surface area contributed by atoms with Crippen molar-refractivity contribution in [3.8, 4) is 6.07 Å². The minimum atomic E-state index is -0.0900. The van der Waals surface area contributed by atoms with Crippen LogP contribution in [0.4, 0.5) is 5.82 Å². The van der Waals surface area contributed by atoms with Gasteiger partial charge in [0.1, 0.15) is 11.6 Å². The second kappa shape index (κ2) is 4.35. The SMILES string of the molecule is CCCC(=O)Nc1n[nH]c(C2CC2)c1C#N. The summed E-state index contributed by atoms with van der Waals surface area (Å²) in [6, 6.07) is 2.10. The second-order valence-corrected chi connectivity index (χ2v) is 4.05. The molecule has 2 rings (SSSR count). The zero-order valence-corrected chi connectivity index (χ0v) is 9.21. The lowest BCUT2D eigenvalue weighted by molar-refractivity contribution is -0.116. The van der Waals surface area contributed by atoms with Gasteiger partial charge in [0.15, 0.2) is 5.82 Å². The van der Waals surface area contributed by atoms with Crippen molar-refractivity contribution in [3.05, 3.63) is 11.3 Å². The average molecular weight is 218 g/mol. The molecule has 1 aliphatic rings. The maximum absolute atomic E-state index is 11.4. The molecule has 5 heteroatoms. The monoisotopic (exact) mass is 218 g/mol. The molecule has 1 fully saturated rings. The number of carbonyl (C=O) groups excluding carboxylic acids is 1. The van der Waals surface area contributed by atoms with Crippen LogP contribution in [0.2, 0.25) is 0 Å². The summed E-state index contributed by atoms with van der Waals surface area (Å²) in [4.78, 5) is 11.4. The third kappa shape index (κ3) is 2.06. The number of nitriles is 1. The van der Waals surface area contributed by atoms with E-state index in [-0.39, 0.29) is 5.91 Å². The highest BCUT2D eigenvalue weighted by Gasteiger charge is 2.30.